The molecule has 1 unspecified atom stereocenters. The molecule has 7 atom stereocenters. The summed E-state index contributed by atoms with van der Waals surface area (Å²) in [6.07, 6.45) is 0.223. The highest BCUT2D eigenvalue weighted by molar-refractivity contribution is 7.99. The van der Waals surface area contributed by atoms with Gasteiger partial charge in [0.05, 0.1) is 51.8 Å². The Morgan fingerprint density at radius 2 is 1.66 bits per heavy atom. The normalized spacial score (nSPS) is 28.7. The number of likely N-dealkylation sites (N-methyl/N-ethyl adjacent to an activating group) is 1. The third kappa shape index (κ3) is 5.10. The van der Waals surface area contributed by atoms with E-state index in [2.05, 4.69) is 21.2 Å². The van der Waals surface area contributed by atoms with Gasteiger partial charge in [-0.2, -0.15) is 0 Å². The second-order valence-electron chi connectivity index (χ2n) is 15.3. The van der Waals surface area contributed by atoms with Crippen LogP contribution in [-0.4, -0.2) is 106 Å². The molecule has 4 bridgehead atoms. The molecule has 0 aromatic heterocycles. The minimum atomic E-state index is -1.28. The summed E-state index contributed by atoms with van der Waals surface area (Å²) in [5.74, 6) is 3.00. The van der Waals surface area contributed by atoms with E-state index >= 15 is 0 Å². The van der Waals surface area contributed by atoms with Crippen LogP contribution in [0.5, 0.6) is 40.2 Å². The molecule has 2 fully saturated rings. The molecule has 3 aromatic carbocycles. The number of hydrogen-bond acceptors (Lipinski definition) is 15. The van der Waals surface area contributed by atoms with Gasteiger partial charge in [0.25, 0.3) is 0 Å². The second kappa shape index (κ2) is 13.6. The maximum atomic E-state index is 14.8. The van der Waals surface area contributed by atoms with Crippen LogP contribution in [0.2, 0.25) is 0 Å². The van der Waals surface area contributed by atoms with E-state index in [4.69, 9.17) is 37.9 Å². The van der Waals surface area contributed by atoms with Crippen molar-refractivity contribution in [1.29, 1.82) is 0 Å². The number of methoxy groups -OCH3 is 4. The summed E-state index contributed by atoms with van der Waals surface area (Å²) in [5.41, 5.74) is 5.45. The number of carbonyl (C=O) groups excluding carboxylic acids is 2. The Kier molecular flexibility index (Phi) is 9.04. The first kappa shape index (κ1) is 37.2. The molecule has 10 rings (SSSR count). The van der Waals surface area contributed by atoms with Crippen LogP contribution in [-0.2, 0) is 32.7 Å². The zero-order valence-corrected chi connectivity index (χ0v) is 33.6. The predicted octanol–water partition coefficient (Wildman–Crippen LogP) is 4.02. The smallest absolute Gasteiger partial charge is 0.331 e. The number of carbonyl (C=O) groups is 2. The molecule has 3 aromatic rings. The molecule has 14 nitrogen and oxygen atoms in total. The molecule has 2 N–H and O–H groups in total. The summed E-state index contributed by atoms with van der Waals surface area (Å²) in [6.45, 7) is 5.60. The van der Waals surface area contributed by atoms with Gasteiger partial charge in [0.15, 0.2) is 40.0 Å². The fourth-order valence-corrected chi connectivity index (χ4v) is 12.0. The third-order valence-electron chi connectivity index (χ3n) is 12.7. The van der Waals surface area contributed by atoms with Crippen LogP contribution >= 0.6 is 11.8 Å². The maximum Gasteiger partial charge on any atom is 0.331 e. The molecule has 0 aliphatic carbocycles. The number of fused-ring (bicyclic) bond motifs is 9. The summed E-state index contributed by atoms with van der Waals surface area (Å²) in [7, 11) is 8.51. The number of benzene rings is 3. The Morgan fingerprint density at radius 3 is 2.38 bits per heavy atom. The quantitative estimate of drug-likeness (QED) is 0.283. The SMILES string of the molecule is COc1cc2c(cc1OC)[C@@]1(CS[C@@H]3c4c(OC(C)=O)c(C)c5c(c4[C@@H](COC1=O)N1C3[C@@H]3c4c(cc(C)c(OC)c4OC)C[C@H]([C@@H]1O)N3C)OCO5)NCC2. The van der Waals surface area contributed by atoms with Gasteiger partial charge in [-0.1, -0.05) is 6.07 Å². The lowest BCUT2D eigenvalue weighted by atomic mass is 9.73. The predicted molar refractivity (Wildman–Crippen MR) is 204 cm³/mol. The van der Waals surface area contributed by atoms with E-state index in [9.17, 15) is 14.7 Å². The van der Waals surface area contributed by atoms with Gasteiger partial charge in [-0.05, 0) is 68.1 Å². The number of aliphatic hydroxyl groups is 1. The van der Waals surface area contributed by atoms with Crippen molar-refractivity contribution >= 4 is 23.7 Å². The molecule has 1 spiro atoms. The average Bonchev–Trinajstić information content (AvgIpc) is 3.68. The van der Waals surface area contributed by atoms with Gasteiger partial charge in [-0.25, -0.2) is 4.79 Å². The monoisotopic (exact) mass is 789 g/mol. The largest absolute Gasteiger partial charge is 0.493 e. The highest BCUT2D eigenvalue weighted by atomic mass is 32.2. The fraction of sp³-hybridized carbons (Fsp3) is 0.512. The number of ether oxygens (including phenoxy) is 8. The molecule has 298 valence electrons. The van der Waals surface area contributed by atoms with Gasteiger partial charge in [0, 0.05) is 47.5 Å². The van der Waals surface area contributed by atoms with Crippen LogP contribution in [0, 0.1) is 13.8 Å². The van der Waals surface area contributed by atoms with Gasteiger partial charge in [-0.3, -0.25) is 19.9 Å². The minimum Gasteiger partial charge on any atom is -0.493 e. The summed E-state index contributed by atoms with van der Waals surface area (Å²) >= 11 is 1.55. The van der Waals surface area contributed by atoms with Crippen molar-refractivity contribution in [2.24, 2.45) is 0 Å². The van der Waals surface area contributed by atoms with Gasteiger partial charge >= 0.3 is 11.9 Å². The first-order chi connectivity index (χ1) is 27.0. The van der Waals surface area contributed by atoms with Crippen LogP contribution in [0.3, 0.4) is 0 Å². The lowest BCUT2D eigenvalue weighted by Gasteiger charge is -2.62. The van der Waals surface area contributed by atoms with Crippen molar-refractivity contribution in [3.63, 3.8) is 0 Å². The lowest BCUT2D eigenvalue weighted by Crippen LogP contribution is -2.70. The molecule has 7 aliphatic rings. The number of piperazine rings is 1. The highest BCUT2D eigenvalue weighted by Gasteiger charge is 2.61. The van der Waals surface area contributed by atoms with Gasteiger partial charge in [0.2, 0.25) is 6.79 Å². The van der Waals surface area contributed by atoms with E-state index in [-0.39, 0.29) is 31.2 Å². The summed E-state index contributed by atoms with van der Waals surface area (Å²) in [6, 6.07) is 4.09. The Hall–Kier alpha value is -4.41. The van der Waals surface area contributed by atoms with E-state index in [0.29, 0.717) is 70.8 Å². The molecule has 56 heavy (non-hydrogen) atoms. The lowest BCUT2D eigenvalue weighted by molar-refractivity contribution is -0.186. The van der Waals surface area contributed by atoms with E-state index in [1.165, 1.54) is 6.92 Å². The molecule has 0 saturated carbocycles. The summed E-state index contributed by atoms with van der Waals surface area (Å²) in [4.78, 5) is 32.2. The van der Waals surface area contributed by atoms with Crippen LogP contribution in [0.4, 0.5) is 0 Å². The van der Waals surface area contributed by atoms with Gasteiger partial charge in [-0.15, -0.1) is 11.8 Å². The van der Waals surface area contributed by atoms with Crippen molar-refractivity contribution in [3.05, 3.63) is 62.7 Å². The van der Waals surface area contributed by atoms with E-state index in [0.717, 1.165) is 33.4 Å². The Bertz CT molecular complexity index is 2160. The maximum absolute atomic E-state index is 14.8. The zero-order chi connectivity index (χ0) is 39.4. The van der Waals surface area contributed by atoms with E-state index < -0.39 is 41.0 Å². The number of aryl methyl sites for hydroxylation is 1. The number of aliphatic hydroxyl groups excluding tert-OH is 1. The number of esters is 2. The summed E-state index contributed by atoms with van der Waals surface area (Å²) in [5, 5.41) is 15.8. The molecule has 7 heterocycles. The third-order valence-corrected chi connectivity index (χ3v) is 14.1. The molecule has 0 amide bonds. The number of rotatable bonds is 5. The van der Waals surface area contributed by atoms with E-state index in [1.54, 1.807) is 40.2 Å². The first-order valence-corrected chi connectivity index (χ1v) is 19.9. The summed E-state index contributed by atoms with van der Waals surface area (Å²) < 4.78 is 48.6. The van der Waals surface area contributed by atoms with Crippen molar-refractivity contribution < 1.29 is 52.6 Å². The first-order valence-electron chi connectivity index (χ1n) is 18.8. The molecule has 15 heteroatoms. The van der Waals surface area contributed by atoms with Crippen LogP contribution < -0.4 is 38.5 Å². The number of thioether (sulfide) groups is 1. The number of nitrogens with one attached hydrogen (secondary N) is 1. The van der Waals surface area contributed by atoms with Crippen LogP contribution in [0.25, 0.3) is 0 Å². The van der Waals surface area contributed by atoms with Crippen molar-refractivity contribution in [2.45, 2.75) is 74.8 Å². The van der Waals surface area contributed by atoms with Crippen LogP contribution in [0.15, 0.2) is 18.2 Å². The van der Waals surface area contributed by atoms with Crippen molar-refractivity contribution in [1.82, 2.24) is 15.1 Å². The average molecular weight is 790 g/mol. The molecule has 2 saturated heterocycles. The molecule has 0 radical (unpaired) electrons. The fourth-order valence-electron chi connectivity index (χ4n) is 10.3. The second-order valence-corrected chi connectivity index (χ2v) is 16.4. The standard InChI is InChI=1S/C41H47N3O11S/c1-18-11-22-12-24-39(46)44-25-15-52-40(47)41(23-14-27(49-6)26(48-5)13-21(23)9-10-42-41)16-56-38(32(44)31(43(24)4)28(22)36(51-8)33(18)50-7)30-29(25)37-35(53-17-54-37)19(2)34(30)55-20(3)45/h11,13-14,24-25,31-32,38-39,42,46H,9-10,12,15-17H2,1-8H3/t24-,25-,31+,32?,38-,39+,41-/m1/s1. The number of hydrogen-bond donors (Lipinski definition) is 2. The zero-order valence-electron chi connectivity index (χ0n) is 32.8. The minimum absolute atomic E-state index is 0.0325. The molecular weight excluding hydrogens is 743 g/mol. The van der Waals surface area contributed by atoms with Gasteiger partial charge in [0.1, 0.15) is 18.6 Å². The Morgan fingerprint density at radius 1 is 0.929 bits per heavy atom. The topological polar surface area (TPSA) is 147 Å². The molecule has 7 aliphatic heterocycles. The van der Waals surface area contributed by atoms with E-state index in [1.807, 2.05) is 33.0 Å². The molecular formula is C41H47N3O11S. The highest BCUT2D eigenvalue weighted by Crippen LogP contribution is 2.64. The van der Waals surface area contributed by atoms with Crippen LogP contribution in [0.1, 0.15) is 68.8 Å². The van der Waals surface area contributed by atoms with Crippen molar-refractivity contribution in [3.8, 4) is 40.2 Å². The Balaban J connectivity index is 1.32. The number of nitrogens with zero attached hydrogens (tertiary/aromatic N) is 2. The van der Waals surface area contributed by atoms with Gasteiger partial charge < -0.3 is 43.0 Å². The Labute approximate surface area is 329 Å². The van der Waals surface area contributed by atoms with Crippen molar-refractivity contribution in [2.75, 3.05) is 61.2 Å².